The van der Waals surface area contributed by atoms with Crippen LogP contribution in [0.3, 0.4) is 0 Å². The van der Waals surface area contributed by atoms with E-state index in [1.165, 1.54) is 38.5 Å². The highest BCUT2D eigenvalue weighted by Crippen LogP contribution is 2.60. The molecule has 3 nitrogen and oxygen atoms in total. The molecule has 0 radical (unpaired) electrons. The van der Waals surface area contributed by atoms with Crippen molar-refractivity contribution in [2.45, 2.75) is 58.4 Å². The van der Waals surface area contributed by atoms with Crippen molar-refractivity contribution in [3.8, 4) is 0 Å². The molecular formula is C16H25N3. The van der Waals surface area contributed by atoms with Crippen molar-refractivity contribution in [2.24, 2.45) is 23.2 Å². The van der Waals surface area contributed by atoms with E-state index >= 15 is 0 Å². The van der Waals surface area contributed by atoms with Gasteiger partial charge in [-0.1, -0.05) is 6.92 Å². The quantitative estimate of drug-likeness (QED) is 0.905. The summed E-state index contributed by atoms with van der Waals surface area (Å²) in [4.78, 5) is 4.47. The van der Waals surface area contributed by atoms with E-state index in [-0.39, 0.29) is 0 Å². The number of nitrogens with zero attached hydrogens (tertiary/aromatic N) is 2. The van der Waals surface area contributed by atoms with Gasteiger partial charge < -0.3 is 10.3 Å². The Balaban J connectivity index is 1.60. The molecule has 1 aromatic heterocycles. The lowest BCUT2D eigenvalue weighted by atomic mass is 9.49. The maximum absolute atomic E-state index is 6.24. The van der Waals surface area contributed by atoms with Crippen LogP contribution >= 0.6 is 0 Å². The molecular weight excluding hydrogens is 234 g/mol. The van der Waals surface area contributed by atoms with E-state index < -0.39 is 0 Å². The zero-order valence-electron chi connectivity index (χ0n) is 11.9. The first-order valence-electron chi connectivity index (χ1n) is 7.97. The molecule has 0 aromatic carbocycles. The Morgan fingerprint density at radius 1 is 1.21 bits per heavy atom. The summed E-state index contributed by atoms with van der Waals surface area (Å²) in [5, 5.41) is 0. The molecule has 0 aliphatic heterocycles. The zero-order valence-corrected chi connectivity index (χ0v) is 11.9. The summed E-state index contributed by atoms with van der Waals surface area (Å²) in [6.45, 7) is 3.25. The van der Waals surface area contributed by atoms with Crippen LogP contribution in [0.1, 0.15) is 51.1 Å². The van der Waals surface area contributed by atoms with Gasteiger partial charge in [-0.15, -0.1) is 0 Å². The number of hydrogen-bond acceptors (Lipinski definition) is 2. The van der Waals surface area contributed by atoms with Crippen LogP contribution in [0.4, 0.5) is 5.82 Å². The summed E-state index contributed by atoms with van der Waals surface area (Å²) in [7, 11) is 0. The van der Waals surface area contributed by atoms with Crippen LogP contribution < -0.4 is 5.73 Å². The molecule has 5 rings (SSSR count). The Labute approximate surface area is 115 Å². The van der Waals surface area contributed by atoms with Crippen molar-refractivity contribution in [1.29, 1.82) is 0 Å². The molecule has 104 valence electrons. The van der Waals surface area contributed by atoms with Crippen LogP contribution in [0.15, 0.2) is 6.33 Å². The van der Waals surface area contributed by atoms with Gasteiger partial charge in [0.05, 0.1) is 12.0 Å². The van der Waals surface area contributed by atoms with Gasteiger partial charge in [0.1, 0.15) is 5.82 Å². The first-order valence-corrected chi connectivity index (χ1v) is 7.97. The minimum atomic E-state index is 0.550. The van der Waals surface area contributed by atoms with Crippen molar-refractivity contribution in [3.63, 3.8) is 0 Å². The fourth-order valence-corrected chi connectivity index (χ4v) is 5.68. The normalized spacial score (nSPS) is 39.9. The smallest absolute Gasteiger partial charge is 0.126 e. The van der Waals surface area contributed by atoms with Crippen LogP contribution in [0, 0.1) is 23.2 Å². The number of nitrogens with two attached hydrogens (primary N) is 1. The van der Waals surface area contributed by atoms with E-state index in [9.17, 15) is 0 Å². The lowest BCUT2D eigenvalue weighted by Crippen LogP contribution is -2.47. The van der Waals surface area contributed by atoms with E-state index in [0.717, 1.165) is 42.2 Å². The van der Waals surface area contributed by atoms with Crippen LogP contribution in [0.25, 0.3) is 0 Å². The molecule has 1 aromatic rings. The van der Waals surface area contributed by atoms with Crippen molar-refractivity contribution < 1.29 is 0 Å². The first kappa shape index (κ1) is 11.8. The second-order valence-corrected chi connectivity index (χ2v) is 7.48. The number of anilines is 1. The second kappa shape index (κ2) is 4.00. The van der Waals surface area contributed by atoms with E-state index in [1.54, 1.807) is 0 Å². The fraction of sp³-hybridized carbons (Fsp3) is 0.812. The predicted molar refractivity (Wildman–Crippen MR) is 76.6 cm³/mol. The molecule has 4 aliphatic carbocycles. The Kier molecular flexibility index (Phi) is 2.49. The first-order chi connectivity index (χ1) is 9.17. The lowest BCUT2D eigenvalue weighted by molar-refractivity contribution is -0.0616. The highest BCUT2D eigenvalue weighted by atomic mass is 15.1. The molecule has 4 fully saturated rings. The monoisotopic (exact) mass is 259 g/mol. The number of imidazole rings is 1. The van der Waals surface area contributed by atoms with Gasteiger partial charge >= 0.3 is 0 Å². The standard InChI is InChI=1S/C16H25N3/c1-2-14-15(17)19(10-18-14)9-16-6-11-3-12(7-16)5-13(4-11)8-16/h10-13H,2-9,17H2,1H3. The van der Waals surface area contributed by atoms with E-state index in [4.69, 9.17) is 5.73 Å². The molecule has 2 N–H and O–H groups in total. The third-order valence-corrected chi connectivity index (χ3v) is 5.96. The van der Waals surface area contributed by atoms with Crippen LogP contribution in [0.2, 0.25) is 0 Å². The zero-order chi connectivity index (χ0) is 13.0. The summed E-state index contributed by atoms with van der Waals surface area (Å²) in [6, 6.07) is 0. The van der Waals surface area contributed by atoms with E-state index in [0.29, 0.717) is 5.41 Å². The minimum absolute atomic E-state index is 0.550. The summed E-state index contributed by atoms with van der Waals surface area (Å²) < 4.78 is 2.24. The maximum Gasteiger partial charge on any atom is 0.126 e. The molecule has 0 unspecified atom stereocenters. The van der Waals surface area contributed by atoms with Gasteiger partial charge in [-0.05, 0) is 68.1 Å². The molecule has 4 aliphatic rings. The minimum Gasteiger partial charge on any atom is -0.384 e. The highest BCUT2D eigenvalue weighted by Gasteiger charge is 2.50. The number of rotatable bonds is 3. The van der Waals surface area contributed by atoms with Crippen molar-refractivity contribution in [2.75, 3.05) is 5.73 Å². The topological polar surface area (TPSA) is 43.8 Å². The summed E-state index contributed by atoms with van der Waals surface area (Å²) in [5.74, 6) is 3.96. The van der Waals surface area contributed by atoms with Gasteiger partial charge in [-0.25, -0.2) is 4.98 Å². The number of nitrogen functional groups attached to an aromatic ring is 1. The molecule has 0 spiro atoms. The van der Waals surface area contributed by atoms with Crippen molar-refractivity contribution in [1.82, 2.24) is 9.55 Å². The fourth-order valence-electron chi connectivity index (χ4n) is 5.68. The molecule has 0 atom stereocenters. The van der Waals surface area contributed by atoms with Gasteiger partial charge in [-0.3, -0.25) is 0 Å². The number of aryl methyl sites for hydroxylation is 1. The van der Waals surface area contributed by atoms with E-state index in [2.05, 4.69) is 16.5 Å². The number of hydrogen-bond donors (Lipinski definition) is 1. The SMILES string of the molecule is CCc1ncn(CC23CC4CC(CC(C4)C2)C3)c1N. The molecule has 4 saturated carbocycles. The molecule has 4 bridgehead atoms. The van der Waals surface area contributed by atoms with Crippen LogP contribution in [0.5, 0.6) is 0 Å². The van der Waals surface area contributed by atoms with Crippen LogP contribution in [-0.4, -0.2) is 9.55 Å². The second-order valence-electron chi connectivity index (χ2n) is 7.48. The summed E-state index contributed by atoms with van der Waals surface area (Å²) >= 11 is 0. The lowest BCUT2D eigenvalue weighted by Gasteiger charge is -2.57. The Bertz CT molecular complexity index is 453. The average Bonchev–Trinajstić information content (AvgIpc) is 2.68. The maximum atomic E-state index is 6.24. The van der Waals surface area contributed by atoms with Gasteiger partial charge in [0, 0.05) is 6.54 Å². The summed E-state index contributed by atoms with van der Waals surface area (Å²) in [6.07, 6.45) is 11.8. The predicted octanol–water partition coefficient (Wildman–Crippen LogP) is 3.24. The van der Waals surface area contributed by atoms with Gasteiger partial charge in [0.2, 0.25) is 0 Å². The molecule has 0 saturated heterocycles. The third kappa shape index (κ3) is 1.81. The number of aromatic nitrogens is 2. The third-order valence-electron chi connectivity index (χ3n) is 5.96. The Morgan fingerprint density at radius 3 is 2.26 bits per heavy atom. The van der Waals surface area contributed by atoms with Crippen LogP contribution in [-0.2, 0) is 13.0 Å². The van der Waals surface area contributed by atoms with Crippen molar-refractivity contribution >= 4 is 5.82 Å². The highest BCUT2D eigenvalue weighted by molar-refractivity contribution is 5.36. The largest absolute Gasteiger partial charge is 0.384 e. The Morgan fingerprint density at radius 2 is 1.79 bits per heavy atom. The molecule has 1 heterocycles. The summed E-state index contributed by atoms with van der Waals surface area (Å²) in [5.41, 5.74) is 7.87. The van der Waals surface area contributed by atoms with E-state index in [1.807, 2.05) is 6.33 Å². The molecule has 3 heteroatoms. The molecule has 19 heavy (non-hydrogen) atoms. The Hall–Kier alpha value is -0.990. The van der Waals surface area contributed by atoms with Gasteiger partial charge in [0.25, 0.3) is 0 Å². The molecule has 0 amide bonds. The van der Waals surface area contributed by atoms with Gasteiger partial charge in [-0.2, -0.15) is 0 Å². The average molecular weight is 259 g/mol. The van der Waals surface area contributed by atoms with Gasteiger partial charge in [0.15, 0.2) is 0 Å². The van der Waals surface area contributed by atoms with Crippen molar-refractivity contribution in [3.05, 3.63) is 12.0 Å².